The fourth-order valence-corrected chi connectivity index (χ4v) is 3.44. The van der Waals surface area contributed by atoms with Crippen LogP contribution in [0.15, 0.2) is 60.7 Å². The maximum Gasteiger partial charge on any atom is 0.121 e. The molecule has 1 N–H and O–H groups in total. The van der Waals surface area contributed by atoms with E-state index in [9.17, 15) is 5.11 Å². The second kappa shape index (κ2) is 5.60. The lowest BCUT2D eigenvalue weighted by Gasteiger charge is -2.09. The maximum absolute atomic E-state index is 9.95. The van der Waals surface area contributed by atoms with Crippen LogP contribution in [0.25, 0.3) is 21.8 Å². The number of fused-ring (bicyclic) bond motifs is 3. The molecule has 0 aliphatic rings. The van der Waals surface area contributed by atoms with Crippen LogP contribution in [-0.2, 0) is 6.54 Å². The Balaban J connectivity index is 2.06. The minimum Gasteiger partial charge on any atom is -0.508 e. The largest absolute Gasteiger partial charge is 0.508 e. The number of aryl methyl sites for hydroxylation is 1. The Morgan fingerprint density at radius 1 is 0.958 bits per heavy atom. The van der Waals surface area contributed by atoms with Gasteiger partial charge in [0.2, 0.25) is 0 Å². The first-order valence-corrected chi connectivity index (χ1v) is 8.01. The summed E-state index contributed by atoms with van der Waals surface area (Å²) in [6.45, 7) is 2.86. The van der Waals surface area contributed by atoms with Crippen molar-refractivity contribution in [1.29, 1.82) is 0 Å². The molecule has 0 bridgehead atoms. The molecule has 0 amide bonds. The minimum atomic E-state index is 0.288. The van der Waals surface area contributed by atoms with Crippen LogP contribution in [-0.4, -0.2) is 16.8 Å². The molecule has 0 aliphatic heterocycles. The number of nitrogens with zero attached hydrogens (tertiary/aromatic N) is 1. The molecular formula is C21H19NO2. The van der Waals surface area contributed by atoms with Crippen LogP contribution in [0.3, 0.4) is 0 Å². The van der Waals surface area contributed by atoms with Gasteiger partial charge in [0, 0.05) is 28.9 Å². The van der Waals surface area contributed by atoms with E-state index in [-0.39, 0.29) is 5.75 Å². The van der Waals surface area contributed by atoms with E-state index >= 15 is 0 Å². The molecular weight excluding hydrogens is 298 g/mol. The smallest absolute Gasteiger partial charge is 0.121 e. The number of rotatable bonds is 3. The van der Waals surface area contributed by atoms with E-state index in [2.05, 4.69) is 41.8 Å². The summed E-state index contributed by atoms with van der Waals surface area (Å²) in [7, 11) is 1.69. The number of ether oxygens (including phenoxy) is 1. The second-order valence-corrected chi connectivity index (χ2v) is 6.11. The molecule has 0 unspecified atom stereocenters. The van der Waals surface area contributed by atoms with Crippen molar-refractivity contribution < 1.29 is 9.84 Å². The standard InChI is InChI=1S/C21H19NO2/c1-14-10-17(24-2)12-20-21(14)18-11-16(23)8-9-19(18)22(20)13-15-6-4-3-5-7-15/h3-12,23H,13H2,1-2H3. The van der Waals surface area contributed by atoms with Gasteiger partial charge in [0.1, 0.15) is 11.5 Å². The number of phenols is 1. The van der Waals surface area contributed by atoms with E-state index in [1.807, 2.05) is 24.3 Å². The van der Waals surface area contributed by atoms with Crippen molar-refractivity contribution in [3.63, 3.8) is 0 Å². The molecule has 3 nitrogen and oxygen atoms in total. The van der Waals surface area contributed by atoms with Crippen LogP contribution >= 0.6 is 0 Å². The van der Waals surface area contributed by atoms with Crippen molar-refractivity contribution >= 4 is 21.8 Å². The molecule has 1 heterocycles. The number of aromatic nitrogens is 1. The van der Waals surface area contributed by atoms with Crippen molar-refractivity contribution in [3.8, 4) is 11.5 Å². The lowest BCUT2D eigenvalue weighted by molar-refractivity contribution is 0.415. The molecule has 0 radical (unpaired) electrons. The Labute approximate surface area is 140 Å². The van der Waals surface area contributed by atoms with Crippen molar-refractivity contribution in [1.82, 2.24) is 4.57 Å². The molecule has 0 saturated heterocycles. The predicted molar refractivity (Wildman–Crippen MR) is 97.9 cm³/mol. The number of hydrogen-bond donors (Lipinski definition) is 1. The van der Waals surface area contributed by atoms with Gasteiger partial charge >= 0.3 is 0 Å². The lowest BCUT2D eigenvalue weighted by atomic mass is 10.1. The molecule has 24 heavy (non-hydrogen) atoms. The lowest BCUT2D eigenvalue weighted by Crippen LogP contribution is -1.99. The Hall–Kier alpha value is -2.94. The highest BCUT2D eigenvalue weighted by molar-refractivity contribution is 6.10. The van der Waals surface area contributed by atoms with Crippen molar-refractivity contribution in [2.24, 2.45) is 0 Å². The van der Waals surface area contributed by atoms with Gasteiger partial charge in [-0.3, -0.25) is 0 Å². The van der Waals surface area contributed by atoms with Crippen LogP contribution in [0.1, 0.15) is 11.1 Å². The predicted octanol–water partition coefficient (Wildman–Crippen LogP) is 4.87. The zero-order chi connectivity index (χ0) is 16.7. The van der Waals surface area contributed by atoms with E-state index in [1.165, 1.54) is 5.56 Å². The third-order valence-electron chi connectivity index (χ3n) is 4.54. The van der Waals surface area contributed by atoms with E-state index in [0.717, 1.165) is 39.7 Å². The number of benzene rings is 3. The van der Waals surface area contributed by atoms with Crippen molar-refractivity contribution in [2.45, 2.75) is 13.5 Å². The van der Waals surface area contributed by atoms with Crippen LogP contribution in [0.4, 0.5) is 0 Å². The molecule has 1 aromatic heterocycles. The van der Waals surface area contributed by atoms with E-state index < -0.39 is 0 Å². The first-order chi connectivity index (χ1) is 11.7. The Morgan fingerprint density at radius 2 is 1.75 bits per heavy atom. The molecule has 3 heteroatoms. The molecule has 4 rings (SSSR count). The quantitative estimate of drug-likeness (QED) is 0.585. The van der Waals surface area contributed by atoms with Crippen LogP contribution in [0.2, 0.25) is 0 Å². The highest BCUT2D eigenvalue weighted by Gasteiger charge is 2.15. The fourth-order valence-electron chi connectivity index (χ4n) is 3.44. The summed E-state index contributed by atoms with van der Waals surface area (Å²) in [5.41, 5.74) is 4.62. The van der Waals surface area contributed by atoms with Gasteiger partial charge in [-0.2, -0.15) is 0 Å². The molecule has 0 aliphatic carbocycles. The fraction of sp³-hybridized carbons (Fsp3) is 0.143. The molecule has 3 aromatic carbocycles. The average Bonchev–Trinajstić information content (AvgIpc) is 2.89. The summed E-state index contributed by atoms with van der Waals surface area (Å²) in [4.78, 5) is 0. The van der Waals surface area contributed by atoms with Crippen LogP contribution in [0, 0.1) is 6.92 Å². The number of aromatic hydroxyl groups is 1. The highest BCUT2D eigenvalue weighted by Crippen LogP contribution is 2.36. The summed E-state index contributed by atoms with van der Waals surface area (Å²) < 4.78 is 7.75. The molecule has 4 aromatic rings. The molecule has 120 valence electrons. The van der Waals surface area contributed by atoms with Gasteiger partial charge in [0.15, 0.2) is 0 Å². The topological polar surface area (TPSA) is 34.4 Å². The number of hydrogen-bond acceptors (Lipinski definition) is 2. The molecule has 0 spiro atoms. The van der Waals surface area contributed by atoms with Crippen molar-refractivity contribution in [3.05, 3.63) is 71.8 Å². The van der Waals surface area contributed by atoms with Gasteiger partial charge in [-0.1, -0.05) is 30.3 Å². The maximum atomic E-state index is 9.95. The van der Waals surface area contributed by atoms with Crippen LogP contribution in [0.5, 0.6) is 11.5 Å². The molecule has 0 atom stereocenters. The Bertz CT molecular complexity index is 1030. The monoisotopic (exact) mass is 317 g/mol. The summed E-state index contributed by atoms with van der Waals surface area (Å²) in [5.74, 6) is 1.14. The van der Waals surface area contributed by atoms with Crippen LogP contribution < -0.4 is 4.74 Å². The second-order valence-electron chi connectivity index (χ2n) is 6.11. The zero-order valence-corrected chi connectivity index (χ0v) is 13.8. The summed E-state index contributed by atoms with van der Waals surface area (Å²) in [6.07, 6.45) is 0. The SMILES string of the molecule is COc1cc(C)c2c3cc(O)ccc3n(Cc3ccccc3)c2c1. The third-order valence-corrected chi connectivity index (χ3v) is 4.54. The third kappa shape index (κ3) is 2.29. The van der Waals surface area contributed by atoms with E-state index in [0.29, 0.717) is 0 Å². The highest BCUT2D eigenvalue weighted by atomic mass is 16.5. The van der Waals surface area contributed by atoms with E-state index in [4.69, 9.17) is 4.74 Å². The Kier molecular flexibility index (Phi) is 3.42. The van der Waals surface area contributed by atoms with Crippen molar-refractivity contribution in [2.75, 3.05) is 7.11 Å². The molecule has 0 fully saturated rings. The first-order valence-electron chi connectivity index (χ1n) is 8.01. The number of methoxy groups -OCH3 is 1. The van der Waals surface area contributed by atoms with Gasteiger partial charge in [0.25, 0.3) is 0 Å². The normalized spacial score (nSPS) is 11.2. The summed E-state index contributed by atoms with van der Waals surface area (Å²) >= 11 is 0. The minimum absolute atomic E-state index is 0.288. The summed E-state index contributed by atoms with van der Waals surface area (Å²) in [5, 5.41) is 12.2. The van der Waals surface area contributed by atoms with Gasteiger partial charge in [-0.25, -0.2) is 0 Å². The van der Waals surface area contributed by atoms with E-state index in [1.54, 1.807) is 13.2 Å². The van der Waals surface area contributed by atoms with Gasteiger partial charge in [0.05, 0.1) is 12.6 Å². The average molecular weight is 317 g/mol. The first kappa shape index (κ1) is 14.6. The van der Waals surface area contributed by atoms with Gasteiger partial charge < -0.3 is 14.4 Å². The zero-order valence-electron chi connectivity index (χ0n) is 13.8. The Morgan fingerprint density at radius 3 is 2.50 bits per heavy atom. The summed E-state index contributed by atoms with van der Waals surface area (Å²) in [6, 6.07) is 20.1. The number of phenolic OH excluding ortho intramolecular Hbond substituents is 1. The molecule has 0 saturated carbocycles. The van der Waals surface area contributed by atoms with Gasteiger partial charge in [-0.05, 0) is 42.3 Å². The van der Waals surface area contributed by atoms with Gasteiger partial charge in [-0.15, -0.1) is 0 Å².